The molecule has 0 aromatic heterocycles. The molecule has 0 unspecified atom stereocenters. The molecule has 1 aromatic carbocycles. The second-order valence-electron chi connectivity index (χ2n) is 5.80. The Bertz CT molecular complexity index is 562. The van der Waals surface area contributed by atoms with Gasteiger partial charge in [0.15, 0.2) is 0 Å². The lowest BCUT2D eigenvalue weighted by atomic mass is 10.1. The van der Waals surface area contributed by atoms with Crippen molar-refractivity contribution in [3.8, 4) is 5.75 Å². The third kappa shape index (κ3) is 5.23. The van der Waals surface area contributed by atoms with Gasteiger partial charge in [-0.15, -0.1) is 0 Å². The van der Waals surface area contributed by atoms with Gasteiger partial charge >= 0.3 is 0 Å². The molecule has 1 heterocycles. The molecule has 6 nitrogen and oxygen atoms in total. The van der Waals surface area contributed by atoms with Crippen LogP contribution in [0.15, 0.2) is 24.3 Å². The molecule has 24 heavy (non-hydrogen) atoms. The van der Waals surface area contributed by atoms with Crippen molar-refractivity contribution < 1.29 is 19.1 Å². The SMILES string of the molecule is CCOCCCNC(=O)CCC(=O)N1C[C@H](C)Oc2ccccc21. The number of anilines is 1. The fourth-order valence-corrected chi connectivity index (χ4v) is 2.62. The van der Waals surface area contributed by atoms with E-state index in [-0.39, 0.29) is 30.8 Å². The van der Waals surface area contributed by atoms with E-state index in [9.17, 15) is 9.59 Å². The number of amides is 2. The summed E-state index contributed by atoms with van der Waals surface area (Å²) in [5.74, 6) is 0.557. The molecule has 1 aliphatic rings. The van der Waals surface area contributed by atoms with E-state index in [0.29, 0.717) is 32.1 Å². The third-order valence-electron chi connectivity index (χ3n) is 3.78. The summed E-state index contributed by atoms with van der Waals surface area (Å²) in [6.07, 6.45) is 1.11. The molecule has 1 aliphatic heterocycles. The molecule has 0 saturated heterocycles. The first kappa shape index (κ1) is 18.3. The van der Waals surface area contributed by atoms with Crippen LogP contribution >= 0.6 is 0 Å². The topological polar surface area (TPSA) is 67.9 Å². The summed E-state index contributed by atoms with van der Waals surface area (Å²) >= 11 is 0. The fourth-order valence-electron chi connectivity index (χ4n) is 2.62. The highest BCUT2D eigenvalue weighted by Gasteiger charge is 2.27. The lowest BCUT2D eigenvalue weighted by Gasteiger charge is -2.33. The van der Waals surface area contributed by atoms with Gasteiger partial charge in [0.1, 0.15) is 11.9 Å². The predicted octanol–water partition coefficient (Wildman–Crippen LogP) is 2.12. The van der Waals surface area contributed by atoms with Crippen molar-refractivity contribution in [2.24, 2.45) is 0 Å². The second-order valence-corrected chi connectivity index (χ2v) is 5.80. The van der Waals surface area contributed by atoms with Gasteiger partial charge in [0, 0.05) is 32.6 Å². The molecule has 0 saturated carbocycles. The highest BCUT2D eigenvalue weighted by atomic mass is 16.5. The van der Waals surface area contributed by atoms with Gasteiger partial charge in [0.2, 0.25) is 11.8 Å². The van der Waals surface area contributed by atoms with Crippen molar-refractivity contribution in [3.05, 3.63) is 24.3 Å². The van der Waals surface area contributed by atoms with Crippen LogP contribution in [-0.4, -0.2) is 44.2 Å². The molecule has 0 bridgehead atoms. The predicted molar refractivity (Wildman–Crippen MR) is 92.2 cm³/mol. The maximum atomic E-state index is 12.5. The van der Waals surface area contributed by atoms with Gasteiger partial charge < -0.3 is 19.7 Å². The van der Waals surface area contributed by atoms with E-state index in [0.717, 1.165) is 12.1 Å². The summed E-state index contributed by atoms with van der Waals surface area (Å²) in [6, 6.07) is 7.49. The number of carbonyl (C=O) groups excluding carboxylic acids is 2. The lowest BCUT2D eigenvalue weighted by molar-refractivity contribution is -0.125. The van der Waals surface area contributed by atoms with E-state index in [4.69, 9.17) is 9.47 Å². The number of carbonyl (C=O) groups is 2. The van der Waals surface area contributed by atoms with E-state index >= 15 is 0 Å². The van der Waals surface area contributed by atoms with Crippen LogP contribution in [0.1, 0.15) is 33.1 Å². The molecule has 1 aromatic rings. The monoisotopic (exact) mass is 334 g/mol. The van der Waals surface area contributed by atoms with Crippen LogP contribution in [0, 0.1) is 0 Å². The highest BCUT2D eigenvalue weighted by molar-refractivity contribution is 5.97. The molecule has 6 heteroatoms. The molecule has 132 valence electrons. The minimum atomic E-state index is -0.102. The van der Waals surface area contributed by atoms with Crippen molar-refractivity contribution in [2.45, 2.75) is 39.2 Å². The first-order valence-electron chi connectivity index (χ1n) is 8.52. The lowest BCUT2D eigenvalue weighted by Crippen LogP contribution is -2.42. The van der Waals surface area contributed by atoms with Crippen LogP contribution in [0.25, 0.3) is 0 Å². The van der Waals surface area contributed by atoms with Crippen LogP contribution in [0.3, 0.4) is 0 Å². The molecule has 2 rings (SSSR count). The van der Waals surface area contributed by atoms with Crippen LogP contribution in [0.2, 0.25) is 0 Å². The quantitative estimate of drug-likeness (QED) is 0.740. The summed E-state index contributed by atoms with van der Waals surface area (Å²) in [5, 5.41) is 2.81. The van der Waals surface area contributed by atoms with E-state index in [2.05, 4.69) is 5.32 Å². The van der Waals surface area contributed by atoms with E-state index in [1.807, 2.05) is 38.1 Å². The number of nitrogens with zero attached hydrogens (tertiary/aromatic N) is 1. The summed E-state index contributed by atoms with van der Waals surface area (Å²) in [5.41, 5.74) is 0.776. The molecule has 1 N–H and O–H groups in total. The number of hydrogen-bond acceptors (Lipinski definition) is 4. The van der Waals surface area contributed by atoms with Crippen LogP contribution in [-0.2, 0) is 14.3 Å². The Morgan fingerprint density at radius 1 is 1.33 bits per heavy atom. The smallest absolute Gasteiger partial charge is 0.227 e. The Labute approximate surface area is 143 Å². The van der Waals surface area contributed by atoms with Gasteiger partial charge in [-0.25, -0.2) is 0 Å². The molecule has 2 amide bonds. The van der Waals surface area contributed by atoms with Crippen molar-refractivity contribution >= 4 is 17.5 Å². The molecule has 0 radical (unpaired) electrons. The minimum Gasteiger partial charge on any atom is -0.487 e. The standard InChI is InChI=1S/C18H26N2O4/c1-3-23-12-6-11-19-17(21)9-10-18(22)20-13-14(2)24-16-8-5-4-7-15(16)20/h4-5,7-8,14H,3,6,9-13H2,1-2H3,(H,19,21)/t14-/m0/s1. The maximum absolute atomic E-state index is 12.5. The largest absolute Gasteiger partial charge is 0.487 e. The molecule has 0 fully saturated rings. The zero-order chi connectivity index (χ0) is 17.4. The van der Waals surface area contributed by atoms with Crippen molar-refractivity contribution in [1.82, 2.24) is 5.32 Å². The van der Waals surface area contributed by atoms with E-state index in [1.54, 1.807) is 4.90 Å². The number of hydrogen-bond donors (Lipinski definition) is 1. The Morgan fingerprint density at radius 3 is 2.92 bits per heavy atom. The number of fused-ring (bicyclic) bond motifs is 1. The summed E-state index contributed by atoms with van der Waals surface area (Å²) in [6.45, 7) is 6.27. The average Bonchev–Trinajstić information content (AvgIpc) is 2.58. The van der Waals surface area contributed by atoms with Crippen LogP contribution in [0.4, 0.5) is 5.69 Å². The van der Waals surface area contributed by atoms with Gasteiger partial charge in [0.25, 0.3) is 0 Å². The first-order chi connectivity index (χ1) is 11.6. The normalized spacial score (nSPS) is 16.2. The first-order valence-corrected chi connectivity index (χ1v) is 8.52. The summed E-state index contributed by atoms with van der Waals surface area (Å²) < 4.78 is 11.0. The van der Waals surface area contributed by atoms with Crippen molar-refractivity contribution in [3.63, 3.8) is 0 Å². The molecule has 0 spiro atoms. The number of benzene rings is 1. The van der Waals surface area contributed by atoms with Gasteiger partial charge in [-0.05, 0) is 32.4 Å². The van der Waals surface area contributed by atoms with E-state index < -0.39 is 0 Å². The van der Waals surface area contributed by atoms with Crippen molar-refractivity contribution in [1.29, 1.82) is 0 Å². The number of rotatable bonds is 8. The van der Waals surface area contributed by atoms with Gasteiger partial charge in [-0.2, -0.15) is 0 Å². The maximum Gasteiger partial charge on any atom is 0.227 e. The average molecular weight is 334 g/mol. The zero-order valence-corrected chi connectivity index (χ0v) is 14.4. The van der Waals surface area contributed by atoms with Gasteiger partial charge in [-0.1, -0.05) is 12.1 Å². The Hall–Kier alpha value is -2.08. The molecule has 1 atom stereocenters. The van der Waals surface area contributed by atoms with Gasteiger partial charge in [0.05, 0.1) is 12.2 Å². The number of nitrogens with one attached hydrogen (secondary N) is 1. The summed E-state index contributed by atoms with van der Waals surface area (Å²) in [7, 11) is 0. The molecular weight excluding hydrogens is 308 g/mol. The van der Waals surface area contributed by atoms with Crippen LogP contribution < -0.4 is 15.0 Å². The number of para-hydroxylation sites is 2. The second kappa shape index (κ2) is 9.27. The van der Waals surface area contributed by atoms with E-state index in [1.165, 1.54) is 0 Å². The molecule has 0 aliphatic carbocycles. The summed E-state index contributed by atoms with van der Waals surface area (Å²) in [4.78, 5) is 26.0. The van der Waals surface area contributed by atoms with Crippen LogP contribution in [0.5, 0.6) is 5.75 Å². The number of ether oxygens (including phenoxy) is 2. The fraction of sp³-hybridized carbons (Fsp3) is 0.556. The third-order valence-corrected chi connectivity index (χ3v) is 3.78. The minimum absolute atomic E-state index is 0.0536. The zero-order valence-electron chi connectivity index (χ0n) is 14.4. The highest BCUT2D eigenvalue weighted by Crippen LogP contribution is 2.33. The molecular formula is C18H26N2O4. The van der Waals surface area contributed by atoms with Gasteiger partial charge in [-0.3, -0.25) is 9.59 Å². The van der Waals surface area contributed by atoms with Crippen molar-refractivity contribution in [2.75, 3.05) is 31.2 Å². The Morgan fingerprint density at radius 2 is 2.12 bits per heavy atom. The Balaban J connectivity index is 1.79. The Kier molecular flexibility index (Phi) is 7.06.